The molecule has 0 aromatic carbocycles. The first-order valence-corrected chi connectivity index (χ1v) is 21.8. The molecule has 1 aliphatic rings. The van der Waals surface area contributed by atoms with Crippen LogP contribution in [0.4, 0.5) is 0 Å². The number of esters is 3. The molecule has 0 saturated heterocycles. The molecule has 0 aliphatic heterocycles. The normalized spacial score (nSPS) is 18.5. The van der Waals surface area contributed by atoms with Gasteiger partial charge in [-0.1, -0.05) is 0 Å². The molecule has 0 aromatic heterocycles. The Hall–Kier alpha value is -1.31. The first kappa shape index (κ1) is 33.7. The second-order valence-corrected chi connectivity index (χ2v) is 24.5. The zero-order valence-electron chi connectivity index (χ0n) is 24.8. The van der Waals surface area contributed by atoms with E-state index in [-0.39, 0.29) is 5.92 Å². The van der Waals surface area contributed by atoms with Gasteiger partial charge in [0.1, 0.15) is 0 Å². The number of hydrogen-bond donors (Lipinski definition) is 0. The van der Waals surface area contributed by atoms with E-state index < -0.39 is 47.1 Å². The van der Waals surface area contributed by atoms with Gasteiger partial charge < -0.3 is 0 Å². The van der Waals surface area contributed by atoms with Gasteiger partial charge in [-0.05, 0) is 0 Å². The maximum absolute atomic E-state index is 13.2. The number of hydrogen-bond acceptors (Lipinski definition) is 6. The first-order valence-electron chi connectivity index (χ1n) is 14.1. The van der Waals surface area contributed by atoms with Crippen LogP contribution in [0, 0.1) is 16.7 Å². The van der Waals surface area contributed by atoms with Crippen LogP contribution in [0.25, 0.3) is 0 Å². The molecule has 1 atom stereocenters. The topological polar surface area (TPSA) is 78.9 Å². The van der Waals surface area contributed by atoms with Crippen molar-refractivity contribution in [1.29, 1.82) is 0 Å². The molecule has 1 rings (SSSR count). The van der Waals surface area contributed by atoms with E-state index in [4.69, 9.17) is 14.2 Å². The number of rotatable bonds is 16. The molecular formula is C30H52O6Sn. The van der Waals surface area contributed by atoms with Crippen LogP contribution >= 0.6 is 0 Å². The molecule has 0 spiro atoms. The molecule has 0 aromatic rings. The molecule has 1 saturated carbocycles. The van der Waals surface area contributed by atoms with Gasteiger partial charge in [-0.15, -0.1) is 0 Å². The van der Waals surface area contributed by atoms with Crippen LogP contribution in [0.15, 0.2) is 21.8 Å². The Kier molecular flexibility index (Phi) is 14.0. The molecule has 0 radical (unpaired) electrons. The second kappa shape index (κ2) is 15.3. The second-order valence-electron chi connectivity index (χ2n) is 11.7. The molecular weight excluding hydrogens is 575 g/mol. The molecule has 6 nitrogen and oxygen atoms in total. The fraction of sp³-hybridized carbons (Fsp3) is 0.767. The van der Waals surface area contributed by atoms with Crippen molar-refractivity contribution >= 4 is 36.3 Å². The van der Waals surface area contributed by atoms with Gasteiger partial charge >= 0.3 is 230 Å². The number of unbranched alkanes of at least 4 members (excludes halogenated alkanes) is 3. The van der Waals surface area contributed by atoms with Crippen molar-refractivity contribution < 1.29 is 28.6 Å². The van der Waals surface area contributed by atoms with E-state index in [2.05, 4.69) is 45.3 Å². The minimum absolute atomic E-state index is 0.0759. The molecule has 37 heavy (non-hydrogen) atoms. The molecule has 212 valence electrons. The number of methoxy groups -OCH3 is 3. The van der Waals surface area contributed by atoms with E-state index in [9.17, 15) is 14.4 Å². The van der Waals surface area contributed by atoms with Crippen LogP contribution < -0.4 is 0 Å². The van der Waals surface area contributed by atoms with E-state index in [0.29, 0.717) is 24.8 Å². The summed E-state index contributed by atoms with van der Waals surface area (Å²) in [6.07, 6.45) is 8.23. The van der Waals surface area contributed by atoms with E-state index in [0.717, 1.165) is 0 Å². The molecule has 0 amide bonds. The van der Waals surface area contributed by atoms with Gasteiger partial charge in [0, 0.05) is 0 Å². The summed E-state index contributed by atoms with van der Waals surface area (Å²) in [6, 6.07) is 0. The summed E-state index contributed by atoms with van der Waals surface area (Å²) in [4.78, 5) is 38.6. The minimum atomic E-state index is -2.79. The summed E-state index contributed by atoms with van der Waals surface area (Å²) in [5, 5.41) is 0. The number of carbonyl (C=O) groups is 3. The summed E-state index contributed by atoms with van der Waals surface area (Å²) < 4.78 is 21.8. The van der Waals surface area contributed by atoms with Crippen LogP contribution in [0.1, 0.15) is 92.4 Å². The third-order valence-corrected chi connectivity index (χ3v) is 22.7. The summed E-state index contributed by atoms with van der Waals surface area (Å²) in [6.45, 7) is 14.9. The first-order chi connectivity index (χ1) is 17.4. The van der Waals surface area contributed by atoms with Gasteiger partial charge in [-0.25, -0.2) is 0 Å². The molecule has 1 unspecified atom stereocenters. The Bertz CT molecular complexity index is 790. The standard InChI is InChI=1S/C18H25O6.3C4H9.Sn/c1-11-9-18(15(20)23-6,16(21)24-7)10-13(11)17(3,4)8-12(2)14(19)22-5;3*1-3-4-2;/h1,13H,2,8-10H2,3-7H3;3*1,3-4H2,2H3;. The van der Waals surface area contributed by atoms with E-state index in [1.165, 1.54) is 78.7 Å². The van der Waals surface area contributed by atoms with Gasteiger partial charge in [0.05, 0.1) is 0 Å². The Labute approximate surface area is 229 Å². The summed E-state index contributed by atoms with van der Waals surface area (Å²) >= 11 is -2.79. The van der Waals surface area contributed by atoms with Crippen molar-refractivity contribution in [3.05, 3.63) is 21.8 Å². The summed E-state index contributed by atoms with van der Waals surface area (Å²) in [5.41, 5.74) is -0.184. The molecule has 0 heterocycles. The Morgan fingerprint density at radius 2 is 1.38 bits per heavy atom. The molecule has 0 bridgehead atoms. The zero-order chi connectivity index (χ0) is 28.3. The van der Waals surface area contributed by atoms with Gasteiger partial charge in [0.25, 0.3) is 0 Å². The van der Waals surface area contributed by atoms with Crippen molar-refractivity contribution in [2.45, 2.75) is 106 Å². The van der Waals surface area contributed by atoms with Gasteiger partial charge in [0.15, 0.2) is 0 Å². The van der Waals surface area contributed by atoms with Crippen LogP contribution in [0.3, 0.4) is 0 Å². The predicted molar refractivity (Wildman–Crippen MR) is 152 cm³/mol. The predicted octanol–water partition coefficient (Wildman–Crippen LogP) is 7.19. The van der Waals surface area contributed by atoms with E-state index in [1.807, 2.05) is 0 Å². The number of ether oxygens (including phenoxy) is 3. The van der Waals surface area contributed by atoms with Gasteiger partial charge in [0.2, 0.25) is 0 Å². The molecule has 0 N–H and O–H groups in total. The van der Waals surface area contributed by atoms with Crippen molar-refractivity contribution in [3.63, 3.8) is 0 Å². The van der Waals surface area contributed by atoms with Crippen LogP contribution in [-0.2, 0) is 28.6 Å². The Morgan fingerprint density at radius 1 is 0.919 bits per heavy atom. The van der Waals surface area contributed by atoms with Crippen molar-refractivity contribution in [2.24, 2.45) is 16.7 Å². The zero-order valence-corrected chi connectivity index (χ0v) is 27.7. The Balaban J connectivity index is 3.76. The van der Waals surface area contributed by atoms with Crippen LogP contribution in [0.5, 0.6) is 0 Å². The van der Waals surface area contributed by atoms with Crippen LogP contribution in [0.2, 0.25) is 13.3 Å². The SMILES string of the molecule is C=C(CC(C)(C)C1CC(C(=O)OC)(C(=O)OC)C/C1=[CH]\[Sn]([CH2]CCC)([CH2]CCC)[CH2]CCC)C(=O)OC. The van der Waals surface area contributed by atoms with Gasteiger partial charge in [-0.3, -0.25) is 0 Å². The summed E-state index contributed by atoms with van der Waals surface area (Å²) in [7, 11) is 4.03. The molecule has 1 aliphatic carbocycles. The Morgan fingerprint density at radius 3 is 1.76 bits per heavy atom. The molecule has 7 heteroatoms. The maximum atomic E-state index is 13.2. The fourth-order valence-corrected chi connectivity index (χ4v) is 21.7. The van der Waals surface area contributed by atoms with Crippen molar-refractivity contribution in [3.8, 4) is 0 Å². The quantitative estimate of drug-likeness (QED) is 0.0593. The van der Waals surface area contributed by atoms with Crippen LogP contribution in [-0.4, -0.2) is 57.6 Å². The van der Waals surface area contributed by atoms with Crippen molar-refractivity contribution in [2.75, 3.05) is 21.3 Å². The third kappa shape index (κ3) is 8.59. The fourth-order valence-electron chi connectivity index (χ4n) is 6.20. The third-order valence-electron chi connectivity index (χ3n) is 8.32. The van der Waals surface area contributed by atoms with Gasteiger partial charge in [-0.2, -0.15) is 0 Å². The van der Waals surface area contributed by atoms with Crippen molar-refractivity contribution in [1.82, 2.24) is 0 Å². The van der Waals surface area contributed by atoms with E-state index in [1.54, 1.807) is 0 Å². The average Bonchev–Trinajstić information content (AvgIpc) is 3.28. The monoisotopic (exact) mass is 628 g/mol. The van der Waals surface area contributed by atoms with E-state index >= 15 is 0 Å². The molecule has 1 fully saturated rings. The average molecular weight is 627 g/mol. The number of carbonyl (C=O) groups excluding carboxylic acids is 3. The number of allylic oxidation sites excluding steroid dienone is 1. The summed E-state index contributed by atoms with van der Waals surface area (Å²) in [5.74, 6) is -1.57.